The van der Waals surface area contributed by atoms with Crippen LogP contribution < -0.4 is 14.8 Å². The lowest BCUT2D eigenvalue weighted by Gasteiger charge is -2.13. The first-order chi connectivity index (χ1) is 13.0. The van der Waals surface area contributed by atoms with Crippen molar-refractivity contribution in [3.05, 3.63) is 41.1 Å². The van der Waals surface area contributed by atoms with Crippen LogP contribution in [0.5, 0.6) is 11.5 Å². The van der Waals surface area contributed by atoms with Crippen LogP contribution in [0.2, 0.25) is 5.02 Å². The topological polar surface area (TPSA) is 65.4 Å². The largest absolute Gasteiger partial charge is 0.493 e. The van der Waals surface area contributed by atoms with E-state index in [-0.39, 0.29) is 11.9 Å². The Morgan fingerprint density at radius 3 is 2.85 bits per heavy atom. The van der Waals surface area contributed by atoms with Crippen molar-refractivity contribution < 1.29 is 14.3 Å². The second-order valence-electron chi connectivity index (χ2n) is 6.12. The molecule has 2 aromatic rings. The Hall–Kier alpha value is -2.47. The van der Waals surface area contributed by atoms with Crippen LogP contribution in [0.25, 0.3) is 6.08 Å². The molecule has 2 rings (SSSR count). The minimum absolute atomic E-state index is 0.206. The van der Waals surface area contributed by atoms with Gasteiger partial charge < -0.3 is 14.8 Å². The van der Waals surface area contributed by atoms with Gasteiger partial charge in [0.2, 0.25) is 5.91 Å². The molecule has 0 aliphatic rings. The number of ether oxygens (including phenoxy) is 2. The molecule has 146 valence electrons. The van der Waals surface area contributed by atoms with Gasteiger partial charge in [0.1, 0.15) is 5.82 Å². The van der Waals surface area contributed by atoms with Crippen molar-refractivity contribution in [1.29, 1.82) is 0 Å². The van der Waals surface area contributed by atoms with Crippen molar-refractivity contribution in [2.75, 3.05) is 19.0 Å². The lowest BCUT2D eigenvalue weighted by Crippen LogP contribution is -2.15. The highest BCUT2D eigenvalue weighted by Gasteiger charge is 2.12. The molecule has 0 radical (unpaired) electrons. The summed E-state index contributed by atoms with van der Waals surface area (Å²) in [6, 6.07) is 5.50. The molecule has 1 heterocycles. The minimum atomic E-state index is -0.249. The lowest BCUT2D eigenvalue weighted by molar-refractivity contribution is -0.111. The van der Waals surface area contributed by atoms with Crippen LogP contribution in [0, 0.1) is 0 Å². The average Bonchev–Trinajstić information content (AvgIpc) is 3.12. The van der Waals surface area contributed by atoms with Gasteiger partial charge in [-0.2, -0.15) is 5.10 Å². The smallest absolute Gasteiger partial charge is 0.249 e. The van der Waals surface area contributed by atoms with Crippen molar-refractivity contribution in [3.8, 4) is 11.5 Å². The molecule has 0 saturated carbocycles. The second-order valence-corrected chi connectivity index (χ2v) is 6.53. The van der Waals surface area contributed by atoms with Gasteiger partial charge >= 0.3 is 0 Å². The van der Waals surface area contributed by atoms with E-state index >= 15 is 0 Å². The number of methoxy groups -OCH3 is 1. The van der Waals surface area contributed by atoms with E-state index in [1.54, 1.807) is 42.3 Å². The Labute approximate surface area is 165 Å². The predicted molar refractivity (Wildman–Crippen MR) is 109 cm³/mol. The molecule has 1 aromatic heterocycles. The highest BCUT2D eigenvalue weighted by atomic mass is 35.5. The number of rotatable bonds is 9. The minimum Gasteiger partial charge on any atom is -0.493 e. The Morgan fingerprint density at radius 1 is 1.41 bits per heavy atom. The Morgan fingerprint density at radius 2 is 2.19 bits per heavy atom. The van der Waals surface area contributed by atoms with E-state index in [9.17, 15) is 4.79 Å². The zero-order valence-electron chi connectivity index (χ0n) is 16.2. The summed E-state index contributed by atoms with van der Waals surface area (Å²) in [5.41, 5.74) is 0.742. The van der Waals surface area contributed by atoms with E-state index in [0.717, 1.165) is 18.4 Å². The molecule has 1 unspecified atom stereocenters. The van der Waals surface area contributed by atoms with Crippen LogP contribution in [0.15, 0.2) is 30.5 Å². The van der Waals surface area contributed by atoms with E-state index in [4.69, 9.17) is 21.1 Å². The normalized spacial score (nSPS) is 12.2. The van der Waals surface area contributed by atoms with Gasteiger partial charge in [-0.05, 0) is 43.5 Å². The molecule has 1 atom stereocenters. The summed E-state index contributed by atoms with van der Waals surface area (Å²) >= 11 is 6.30. The highest BCUT2D eigenvalue weighted by Crippen LogP contribution is 2.36. The van der Waals surface area contributed by atoms with Gasteiger partial charge in [0.05, 0.1) is 31.0 Å². The highest BCUT2D eigenvalue weighted by molar-refractivity contribution is 6.32. The van der Waals surface area contributed by atoms with Crippen LogP contribution in [0.1, 0.15) is 45.2 Å². The number of nitrogens with one attached hydrogen (secondary N) is 1. The van der Waals surface area contributed by atoms with Crippen molar-refractivity contribution >= 4 is 29.4 Å². The SMILES string of the molecule is CCCOc1c(Cl)cc(/C=C/C(=O)Nc2ccnn2C(C)CC)cc1OC. The summed E-state index contributed by atoms with van der Waals surface area (Å²) in [6.07, 6.45) is 6.59. The molecular weight excluding hydrogens is 366 g/mol. The fourth-order valence-electron chi connectivity index (χ4n) is 2.46. The number of carbonyl (C=O) groups is 1. The third-order valence-corrected chi connectivity index (χ3v) is 4.34. The monoisotopic (exact) mass is 391 g/mol. The number of halogens is 1. The molecule has 6 nitrogen and oxygen atoms in total. The second kappa shape index (κ2) is 10.0. The molecule has 27 heavy (non-hydrogen) atoms. The number of carbonyl (C=O) groups excluding carboxylic acids is 1. The standard InChI is InChI=1S/C20H26ClN3O3/c1-5-11-27-20-16(21)12-15(13-17(20)26-4)7-8-19(25)23-18-9-10-22-24(18)14(3)6-2/h7-10,12-14H,5-6,11H2,1-4H3,(H,23,25)/b8-7+. The number of nitrogens with zero attached hydrogens (tertiary/aromatic N) is 2. The number of hydrogen-bond acceptors (Lipinski definition) is 4. The number of amides is 1. The van der Waals surface area contributed by atoms with Crippen molar-refractivity contribution in [2.45, 2.75) is 39.7 Å². The van der Waals surface area contributed by atoms with Crippen LogP contribution in [-0.2, 0) is 4.79 Å². The van der Waals surface area contributed by atoms with Gasteiger partial charge in [-0.3, -0.25) is 4.79 Å². The van der Waals surface area contributed by atoms with Gasteiger partial charge in [0.25, 0.3) is 0 Å². The van der Waals surface area contributed by atoms with Crippen LogP contribution in [0.3, 0.4) is 0 Å². The third kappa shape index (κ3) is 5.50. The molecule has 0 bridgehead atoms. The molecule has 0 aliphatic heterocycles. The summed E-state index contributed by atoms with van der Waals surface area (Å²) < 4.78 is 12.8. The fraction of sp³-hybridized carbons (Fsp3) is 0.400. The summed E-state index contributed by atoms with van der Waals surface area (Å²) in [5.74, 6) is 1.46. The number of benzene rings is 1. The summed E-state index contributed by atoms with van der Waals surface area (Å²) in [4.78, 5) is 12.3. The molecule has 0 fully saturated rings. The molecule has 1 aromatic carbocycles. The van der Waals surface area contributed by atoms with E-state index in [0.29, 0.717) is 28.9 Å². The van der Waals surface area contributed by atoms with Crippen molar-refractivity contribution in [1.82, 2.24) is 9.78 Å². The average molecular weight is 392 g/mol. The molecule has 1 amide bonds. The van der Waals surface area contributed by atoms with Crippen LogP contribution >= 0.6 is 11.6 Å². The molecule has 7 heteroatoms. The molecule has 0 spiro atoms. The first-order valence-corrected chi connectivity index (χ1v) is 9.40. The summed E-state index contributed by atoms with van der Waals surface area (Å²) in [5, 5.41) is 7.54. The zero-order chi connectivity index (χ0) is 19.8. The van der Waals surface area contributed by atoms with E-state index < -0.39 is 0 Å². The number of anilines is 1. The van der Waals surface area contributed by atoms with E-state index in [1.807, 2.05) is 6.92 Å². The first kappa shape index (κ1) is 20.8. The zero-order valence-corrected chi connectivity index (χ0v) is 16.9. The molecular formula is C20H26ClN3O3. The van der Waals surface area contributed by atoms with E-state index in [2.05, 4.69) is 24.3 Å². The summed E-state index contributed by atoms with van der Waals surface area (Å²) in [6.45, 7) is 6.69. The van der Waals surface area contributed by atoms with Gasteiger partial charge in [-0.1, -0.05) is 25.4 Å². The molecule has 1 N–H and O–H groups in total. The third-order valence-electron chi connectivity index (χ3n) is 4.06. The van der Waals surface area contributed by atoms with Crippen molar-refractivity contribution in [2.24, 2.45) is 0 Å². The lowest BCUT2D eigenvalue weighted by atomic mass is 10.2. The first-order valence-electron chi connectivity index (χ1n) is 9.03. The quantitative estimate of drug-likeness (QED) is 0.614. The molecule has 0 aliphatic carbocycles. The number of aromatic nitrogens is 2. The van der Waals surface area contributed by atoms with Crippen LogP contribution in [0.4, 0.5) is 5.82 Å². The van der Waals surface area contributed by atoms with Crippen LogP contribution in [-0.4, -0.2) is 29.4 Å². The summed E-state index contributed by atoms with van der Waals surface area (Å²) in [7, 11) is 1.56. The number of hydrogen-bond donors (Lipinski definition) is 1. The maximum absolute atomic E-state index is 12.3. The van der Waals surface area contributed by atoms with E-state index in [1.165, 1.54) is 6.08 Å². The maximum atomic E-state index is 12.3. The maximum Gasteiger partial charge on any atom is 0.249 e. The molecule has 0 saturated heterocycles. The fourth-order valence-corrected chi connectivity index (χ4v) is 2.73. The Bertz CT molecular complexity index is 802. The van der Waals surface area contributed by atoms with Gasteiger partial charge in [0, 0.05) is 12.1 Å². The van der Waals surface area contributed by atoms with Crippen molar-refractivity contribution in [3.63, 3.8) is 0 Å². The Kier molecular flexibility index (Phi) is 7.73. The van der Waals surface area contributed by atoms with Gasteiger partial charge in [-0.15, -0.1) is 0 Å². The predicted octanol–water partition coefficient (Wildman–Crippen LogP) is 4.96. The Balaban J connectivity index is 2.12. The van der Waals surface area contributed by atoms with Gasteiger partial charge in [0.15, 0.2) is 11.5 Å². The van der Waals surface area contributed by atoms with Gasteiger partial charge in [-0.25, -0.2) is 4.68 Å².